The van der Waals surface area contributed by atoms with Crippen molar-refractivity contribution in [2.24, 2.45) is 5.92 Å². The van der Waals surface area contributed by atoms with Gasteiger partial charge in [0.25, 0.3) is 0 Å². The molecule has 0 spiro atoms. The number of carbonyl (C=O) groups is 1. The van der Waals surface area contributed by atoms with Gasteiger partial charge < -0.3 is 9.42 Å². The highest BCUT2D eigenvalue weighted by atomic mass is 35.5. The van der Waals surface area contributed by atoms with Crippen LogP contribution in [0.4, 0.5) is 13.2 Å². The molecule has 1 saturated heterocycles. The number of amides is 1. The van der Waals surface area contributed by atoms with E-state index in [1.54, 1.807) is 12.1 Å². The normalized spacial score (nSPS) is 21.0. The monoisotopic (exact) mass is 490 g/mol. The second-order valence-electron chi connectivity index (χ2n) is 8.69. The molecule has 2 aromatic carbocycles. The Bertz CT molecular complexity index is 1160. The Morgan fingerprint density at radius 2 is 1.71 bits per heavy atom. The number of benzene rings is 2. The molecular weight excluding hydrogens is 469 g/mol. The summed E-state index contributed by atoms with van der Waals surface area (Å²) in [5.74, 6) is 0.934. The van der Waals surface area contributed by atoms with E-state index in [0.29, 0.717) is 55.9 Å². The molecule has 2 unspecified atom stereocenters. The number of hydrogen-bond acceptors (Lipinski definition) is 5. The second kappa shape index (κ2) is 9.03. The molecule has 1 aliphatic carbocycles. The molecule has 6 nitrogen and oxygen atoms in total. The SMILES string of the molecule is O=C(C1CC1c1ccc(C(F)(F)F)cc1)N1CCN(Cc2nc(-c3ccc(Cl)cc3)no2)CC1. The van der Waals surface area contributed by atoms with Crippen LogP contribution >= 0.6 is 11.6 Å². The Labute approximate surface area is 199 Å². The summed E-state index contributed by atoms with van der Waals surface area (Å²) in [6.45, 7) is 3.05. The minimum absolute atomic E-state index is 0.00232. The number of rotatable bonds is 5. The summed E-state index contributed by atoms with van der Waals surface area (Å²) in [5.41, 5.74) is 0.942. The third-order valence-corrected chi connectivity index (χ3v) is 6.64. The van der Waals surface area contributed by atoms with Crippen molar-refractivity contribution < 1.29 is 22.5 Å². The van der Waals surface area contributed by atoms with Gasteiger partial charge in [0, 0.05) is 42.7 Å². The van der Waals surface area contributed by atoms with Crippen molar-refractivity contribution in [3.05, 3.63) is 70.6 Å². The first-order valence-corrected chi connectivity index (χ1v) is 11.4. The number of halogens is 4. The molecule has 3 aromatic rings. The molecule has 2 atom stereocenters. The minimum atomic E-state index is -4.35. The average Bonchev–Trinajstić information content (AvgIpc) is 3.50. The first kappa shape index (κ1) is 22.9. The summed E-state index contributed by atoms with van der Waals surface area (Å²) in [5, 5.41) is 4.67. The summed E-state index contributed by atoms with van der Waals surface area (Å²) in [6.07, 6.45) is -3.67. The molecule has 0 bridgehead atoms. The molecular formula is C24H22ClF3N4O2. The fourth-order valence-corrected chi connectivity index (χ4v) is 4.47. The van der Waals surface area contributed by atoms with Crippen molar-refractivity contribution in [1.82, 2.24) is 19.9 Å². The Hall–Kier alpha value is -2.91. The van der Waals surface area contributed by atoms with Crippen molar-refractivity contribution in [2.45, 2.75) is 25.1 Å². The van der Waals surface area contributed by atoms with Crippen LogP contribution in [-0.2, 0) is 17.5 Å². The van der Waals surface area contributed by atoms with Gasteiger partial charge in [-0.15, -0.1) is 0 Å². The summed E-state index contributed by atoms with van der Waals surface area (Å²) in [7, 11) is 0. The largest absolute Gasteiger partial charge is 0.416 e. The lowest BCUT2D eigenvalue weighted by Crippen LogP contribution is -2.48. The topological polar surface area (TPSA) is 62.5 Å². The van der Waals surface area contributed by atoms with Gasteiger partial charge in [-0.1, -0.05) is 28.9 Å². The number of hydrogen-bond donors (Lipinski definition) is 0. The maximum absolute atomic E-state index is 12.9. The molecule has 1 aliphatic heterocycles. The third-order valence-electron chi connectivity index (χ3n) is 6.39. The van der Waals surface area contributed by atoms with Crippen LogP contribution in [-0.4, -0.2) is 52.0 Å². The predicted molar refractivity (Wildman–Crippen MR) is 119 cm³/mol. The van der Waals surface area contributed by atoms with Crippen LogP contribution in [0.5, 0.6) is 0 Å². The highest BCUT2D eigenvalue weighted by Crippen LogP contribution is 2.49. The molecule has 1 saturated carbocycles. The van der Waals surface area contributed by atoms with Gasteiger partial charge in [0.2, 0.25) is 17.6 Å². The quantitative estimate of drug-likeness (QED) is 0.511. The van der Waals surface area contributed by atoms with Gasteiger partial charge >= 0.3 is 6.18 Å². The Balaban J connectivity index is 1.11. The number of alkyl halides is 3. The van der Waals surface area contributed by atoms with E-state index in [4.69, 9.17) is 16.1 Å². The van der Waals surface area contributed by atoms with Gasteiger partial charge in [-0.3, -0.25) is 9.69 Å². The van der Waals surface area contributed by atoms with E-state index < -0.39 is 11.7 Å². The van der Waals surface area contributed by atoms with Gasteiger partial charge in [0.05, 0.1) is 12.1 Å². The third kappa shape index (κ3) is 4.95. The fourth-order valence-electron chi connectivity index (χ4n) is 4.34. The number of aromatic nitrogens is 2. The summed E-state index contributed by atoms with van der Waals surface area (Å²) < 4.78 is 43.7. The zero-order valence-corrected chi connectivity index (χ0v) is 18.9. The van der Waals surface area contributed by atoms with Crippen molar-refractivity contribution in [3.63, 3.8) is 0 Å². The fraction of sp³-hybridized carbons (Fsp3) is 0.375. The molecule has 2 heterocycles. The maximum atomic E-state index is 12.9. The van der Waals surface area contributed by atoms with Gasteiger partial charge in [-0.2, -0.15) is 18.2 Å². The highest BCUT2D eigenvalue weighted by Gasteiger charge is 2.46. The van der Waals surface area contributed by atoms with Crippen LogP contribution in [0.2, 0.25) is 5.02 Å². The van der Waals surface area contributed by atoms with Crippen LogP contribution in [0.1, 0.15) is 29.4 Å². The van der Waals surface area contributed by atoms with Crippen LogP contribution in [0, 0.1) is 5.92 Å². The molecule has 5 rings (SSSR count). The van der Waals surface area contributed by atoms with E-state index in [1.165, 1.54) is 12.1 Å². The lowest BCUT2D eigenvalue weighted by atomic mass is 10.1. The van der Waals surface area contributed by atoms with Crippen molar-refractivity contribution >= 4 is 17.5 Å². The Kier molecular flexibility index (Phi) is 6.07. The molecule has 2 fully saturated rings. The van der Waals surface area contributed by atoms with Crippen molar-refractivity contribution in [1.29, 1.82) is 0 Å². The number of carbonyl (C=O) groups excluding carboxylic acids is 1. The summed E-state index contributed by atoms with van der Waals surface area (Å²) in [6, 6.07) is 12.3. The smallest absolute Gasteiger partial charge is 0.340 e. The molecule has 0 N–H and O–H groups in total. The highest BCUT2D eigenvalue weighted by molar-refractivity contribution is 6.30. The average molecular weight is 491 g/mol. The van der Waals surface area contributed by atoms with Crippen molar-refractivity contribution in [2.75, 3.05) is 26.2 Å². The Morgan fingerprint density at radius 1 is 1.03 bits per heavy atom. The van der Waals surface area contributed by atoms with Crippen LogP contribution < -0.4 is 0 Å². The van der Waals surface area contributed by atoms with Crippen LogP contribution in [0.3, 0.4) is 0 Å². The van der Waals surface area contributed by atoms with E-state index in [0.717, 1.165) is 23.3 Å². The zero-order chi connectivity index (χ0) is 23.9. The van der Waals surface area contributed by atoms with Crippen LogP contribution in [0.25, 0.3) is 11.4 Å². The molecule has 0 radical (unpaired) electrons. The molecule has 34 heavy (non-hydrogen) atoms. The summed E-state index contributed by atoms with van der Waals surface area (Å²) in [4.78, 5) is 21.3. The second-order valence-corrected chi connectivity index (χ2v) is 9.12. The van der Waals surface area contributed by atoms with Crippen LogP contribution in [0.15, 0.2) is 53.1 Å². The van der Waals surface area contributed by atoms with Gasteiger partial charge in [0.1, 0.15) is 0 Å². The lowest BCUT2D eigenvalue weighted by molar-refractivity contribution is -0.137. The maximum Gasteiger partial charge on any atom is 0.416 e. The first-order chi connectivity index (χ1) is 16.3. The van der Waals surface area contributed by atoms with Gasteiger partial charge in [-0.05, 0) is 54.3 Å². The number of piperazine rings is 1. The Morgan fingerprint density at radius 3 is 2.35 bits per heavy atom. The number of nitrogens with zero attached hydrogens (tertiary/aromatic N) is 4. The molecule has 178 valence electrons. The van der Waals surface area contributed by atoms with E-state index in [-0.39, 0.29) is 17.7 Å². The molecule has 1 amide bonds. The van der Waals surface area contributed by atoms with Gasteiger partial charge in [0.15, 0.2) is 0 Å². The van der Waals surface area contributed by atoms with E-state index in [1.807, 2.05) is 17.0 Å². The molecule has 1 aromatic heterocycles. The zero-order valence-electron chi connectivity index (χ0n) is 18.1. The van der Waals surface area contributed by atoms with E-state index >= 15 is 0 Å². The lowest BCUT2D eigenvalue weighted by Gasteiger charge is -2.34. The van der Waals surface area contributed by atoms with E-state index in [2.05, 4.69) is 15.0 Å². The minimum Gasteiger partial charge on any atom is -0.340 e. The molecule has 10 heteroatoms. The predicted octanol–water partition coefficient (Wildman–Crippen LogP) is 4.86. The summed E-state index contributed by atoms with van der Waals surface area (Å²) >= 11 is 5.91. The standard InChI is InChI=1S/C24H22ClF3N4O2/c25-18-7-3-16(4-8-18)22-29-21(34-30-22)14-31-9-11-32(12-10-31)23(33)20-13-19(20)15-1-5-17(6-2-15)24(26,27)28/h1-8,19-20H,9-14H2. The first-order valence-electron chi connectivity index (χ1n) is 11.0. The van der Waals surface area contributed by atoms with Crippen molar-refractivity contribution in [3.8, 4) is 11.4 Å². The van der Waals surface area contributed by atoms with Gasteiger partial charge in [-0.25, -0.2) is 0 Å². The molecule has 2 aliphatic rings. The van der Waals surface area contributed by atoms with E-state index in [9.17, 15) is 18.0 Å².